The first-order valence-corrected chi connectivity index (χ1v) is 8.40. The first kappa shape index (κ1) is 21.5. The van der Waals surface area contributed by atoms with E-state index in [0.717, 1.165) is 10.6 Å². The van der Waals surface area contributed by atoms with Gasteiger partial charge in [-0.2, -0.15) is 0 Å². The molecule has 1 aromatic rings. The van der Waals surface area contributed by atoms with Gasteiger partial charge in [0.2, 0.25) is 5.54 Å². The fourth-order valence-corrected chi connectivity index (χ4v) is 3.23. The van der Waals surface area contributed by atoms with Gasteiger partial charge >= 0.3 is 38.8 Å². The molecule has 2 aliphatic rings. The Morgan fingerprint density at radius 3 is 2.59 bits per heavy atom. The second-order valence-electron chi connectivity index (χ2n) is 6.72. The number of fused-ring (bicyclic) bond motifs is 1. The molecule has 2 fully saturated rings. The molecule has 1 aromatic carbocycles. The van der Waals surface area contributed by atoms with Gasteiger partial charge in [0.1, 0.15) is 6.61 Å². The quantitative estimate of drug-likeness (QED) is 0.544. The van der Waals surface area contributed by atoms with Crippen molar-refractivity contribution in [1.29, 1.82) is 0 Å². The summed E-state index contributed by atoms with van der Waals surface area (Å²) in [5.74, 6) is -1.35. The number of amides is 3. The molecular formula is C18H20N3O5Y+2. The monoisotopic (exact) mass is 447 g/mol. The maximum absolute atomic E-state index is 12.8. The van der Waals surface area contributed by atoms with Crippen molar-refractivity contribution in [2.24, 2.45) is 5.92 Å². The van der Waals surface area contributed by atoms with Crippen LogP contribution in [0.5, 0.6) is 0 Å². The van der Waals surface area contributed by atoms with Gasteiger partial charge in [-0.3, -0.25) is 24.9 Å². The second kappa shape index (κ2) is 8.48. The van der Waals surface area contributed by atoms with E-state index in [0.29, 0.717) is 13.0 Å². The van der Waals surface area contributed by atoms with Gasteiger partial charge < -0.3 is 9.53 Å². The van der Waals surface area contributed by atoms with Crippen molar-refractivity contribution in [3.05, 3.63) is 35.9 Å². The molecule has 0 bridgehead atoms. The van der Waals surface area contributed by atoms with Crippen LogP contribution in [-0.4, -0.2) is 52.3 Å². The van der Waals surface area contributed by atoms with Crippen LogP contribution in [0.3, 0.4) is 0 Å². The maximum atomic E-state index is 12.8. The SMILES string of the molecule is CC1CCN2C(=O)C(C)(NC(=O)OCc3ccccc3)C(=O)N2C1[C-]=O.[Y+3]. The van der Waals surface area contributed by atoms with E-state index in [2.05, 4.69) is 5.32 Å². The average Bonchev–Trinajstić information content (AvgIpc) is 2.82. The van der Waals surface area contributed by atoms with E-state index < -0.39 is 29.5 Å². The van der Waals surface area contributed by atoms with Crippen molar-refractivity contribution in [1.82, 2.24) is 15.3 Å². The summed E-state index contributed by atoms with van der Waals surface area (Å²) in [5, 5.41) is 4.70. The van der Waals surface area contributed by atoms with Crippen molar-refractivity contribution in [3.63, 3.8) is 0 Å². The van der Waals surface area contributed by atoms with Crippen molar-refractivity contribution in [2.45, 2.75) is 38.5 Å². The molecule has 2 saturated heterocycles. The minimum Gasteiger partial charge on any atom is -0.540 e. The van der Waals surface area contributed by atoms with Gasteiger partial charge in [0.25, 0.3) is 11.8 Å². The van der Waals surface area contributed by atoms with Crippen LogP contribution in [-0.2, 0) is 58.4 Å². The summed E-state index contributed by atoms with van der Waals surface area (Å²) >= 11 is 0. The fourth-order valence-electron chi connectivity index (χ4n) is 3.23. The summed E-state index contributed by atoms with van der Waals surface area (Å²) in [4.78, 5) is 49.0. The van der Waals surface area contributed by atoms with E-state index in [1.807, 2.05) is 31.4 Å². The molecular weight excluding hydrogens is 427 g/mol. The Labute approximate surface area is 182 Å². The van der Waals surface area contributed by atoms with E-state index in [4.69, 9.17) is 4.74 Å². The van der Waals surface area contributed by atoms with Gasteiger partial charge in [-0.1, -0.05) is 37.3 Å². The number of nitrogens with one attached hydrogen (secondary N) is 1. The van der Waals surface area contributed by atoms with Crippen LogP contribution < -0.4 is 5.32 Å². The first-order valence-electron chi connectivity index (χ1n) is 8.40. The van der Waals surface area contributed by atoms with Crippen molar-refractivity contribution < 1.29 is 56.6 Å². The van der Waals surface area contributed by atoms with E-state index in [-0.39, 0.29) is 45.2 Å². The van der Waals surface area contributed by atoms with Crippen LogP contribution >= 0.6 is 0 Å². The molecule has 138 valence electrons. The number of nitrogens with zero attached hydrogens (tertiary/aromatic N) is 2. The van der Waals surface area contributed by atoms with Gasteiger partial charge in [0.05, 0.1) is 0 Å². The smallest absolute Gasteiger partial charge is 0.540 e. The molecule has 3 atom stereocenters. The summed E-state index contributed by atoms with van der Waals surface area (Å²) in [6.07, 6.45) is 1.53. The van der Waals surface area contributed by atoms with Crippen molar-refractivity contribution >= 4 is 24.2 Å². The number of carbonyl (C=O) groups is 3. The number of hydrazine groups is 1. The molecule has 3 unspecified atom stereocenters. The van der Waals surface area contributed by atoms with E-state index in [1.165, 1.54) is 11.9 Å². The summed E-state index contributed by atoms with van der Waals surface area (Å²) in [6, 6.07) is 8.20. The van der Waals surface area contributed by atoms with Gasteiger partial charge in [-0.05, 0) is 30.9 Å². The number of alkyl carbamates (subject to hydrolysis) is 1. The minimum atomic E-state index is -1.80. The summed E-state index contributed by atoms with van der Waals surface area (Å²) in [7, 11) is 0. The molecule has 0 aromatic heterocycles. The Bertz CT molecular complexity index is 744. The molecule has 0 spiro atoms. The largest absolute Gasteiger partial charge is 3.00 e. The van der Waals surface area contributed by atoms with Crippen LogP contribution in [0.2, 0.25) is 0 Å². The Kier molecular flexibility index (Phi) is 6.75. The van der Waals surface area contributed by atoms with Crippen LogP contribution in [0.25, 0.3) is 0 Å². The third kappa shape index (κ3) is 3.92. The first-order chi connectivity index (χ1) is 12.4. The van der Waals surface area contributed by atoms with E-state index in [9.17, 15) is 19.2 Å². The third-order valence-corrected chi connectivity index (χ3v) is 4.84. The molecule has 2 aliphatic heterocycles. The molecule has 1 N–H and O–H groups in total. The van der Waals surface area contributed by atoms with E-state index in [1.54, 1.807) is 12.1 Å². The zero-order valence-corrected chi connectivity index (χ0v) is 18.0. The Hall–Kier alpha value is -1.80. The Morgan fingerprint density at radius 1 is 1.30 bits per heavy atom. The fraction of sp³-hybridized carbons (Fsp3) is 0.444. The number of benzene rings is 1. The molecule has 2 heterocycles. The minimum absolute atomic E-state index is 0. The molecule has 27 heavy (non-hydrogen) atoms. The van der Waals surface area contributed by atoms with Crippen LogP contribution in [0.1, 0.15) is 25.8 Å². The second-order valence-corrected chi connectivity index (χ2v) is 6.72. The number of hydrogen-bond acceptors (Lipinski definition) is 5. The number of ether oxygens (including phenoxy) is 1. The molecule has 3 rings (SSSR count). The van der Waals surface area contributed by atoms with Gasteiger partial charge in [0, 0.05) is 6.54 Å². The summed E-state index contributed by atoms with van der Waals surface area (Å²) in [6.45, 7) is 3.47. The zero-order valence-electron chi connectivity index (χ0n) is 15.2. The number of carbonyl (C=O) groups excluding carboxylic acids is 4. The molecule has 3 amide bonds. The Morgan fingerprint density at radius 2 is 1.96 bits per heavy atom. The molecule has 9 heteroatoms. The standard InChI is InChI=1S/C18H20N3O5.Y/c1-12-8-9-20-15(23)18(2,16(24)21(20)14(12)10-22)19-17(25)26-11-13-6-4-3-5-7-13;/h3-7,12,14H,8-9,11H2,1-2H3,(H,19,25);/q-1;+3. The molecule has 0 aliphatic carbocycles. The predicted octanol–water partition coefficient (Wildman–Crippen LogP) is 0.773. The van der Waals surface area contributed by atoms with E-state index >= 15 is 0 Å². The average molecular weight is 447 g/mol. The van der Waals surface area contributed by atoms with Gasteiger partial charge in [-0.15, -0.1) is 0 Å². The van der Waals surface area contributed by atoms with Crippen LogP contribution in [0, 0.1) is 5.92 Å². The molecule has 0 saturated carbocycles. The summed E-state index contributed by atoms with van der Waals surface area (Å²) in [5.41, 5.74) is -1.02. The van der Waals surface area contributed by atoms with Gasteiger partial charge in [0.15, 0.2) is 0 Å². The van der Waals surface area contributed by atoms with Crippen molar-refractivity contribution in [3.8, 4) is 0 Å². The van der Waals surface area contributed by atoms with Crippen molar-refractivity contribution in [2.75, 3.05) is 6.54 Å². The normalized spacial score (nSPS) is 26.9. The third-order valence-electron chi connectivity index (χ3n) is 4.84. The zero-order chi connectivity index (χ0) is 18.9. The van der Waals surface area contributed by atoms with Gasteiger partial charge in [-0.25, -0.2) is 11.1 Å². The predicted molar refractivity (Wildman–Crippen MR) is 90.0 cm³/mol. The molecule has 8 nitrogen and oxygen atoms in total. The molecule has 0 radical (unpaired) electrons. The maximum Gasteiger partial charge on any atom is 3.00 e. The topological polar surface area (TPSA) is 96.0 Å². The summed E-state index contributed by atoms with van der Waals surface area (Å²) < 4.78 is 5.11. The van der Waals surface area contributed by atoms with Crippen LogP contribution in [0.15, 0.2) is 30.3 Å². The number of hydrogen-bond donors (Lipinski definition) is 1. The Balaban J connectivity index is 0.00000261. The van der Waals surface area contributed by atoms with Crippen LogP contribution in [0.4, 0.5) is 4.79 Å². The number of rotatable bonds is 4.